The molecule has 1 aromatic rings. The Balaban J connectivity index is 1.95. The number of piperazine rings is 1. The van der Waals surface area contributed by atoms with Crippen LogP contribution in [0.4, 0.5) is 18.9 Å². The minimum Gasteiger partial charge on any atom is -0.367 e. The number of hydrogen-bond acceptors (Lipinski definition) is 2. The first-order chi connectivity index (χ1) is 11.4. The Kier molecular flexibility index (Phi) is 6.60. The second-order valence-corrected chi connectivity index (χ2v) is 5.93. The van der Waals surface area contributed by atoms with Crippen molar-refractivity contribution < 1.29 is 13.2 Å². The molecular formula is C16H22ClF3N4. The van der Waals surface area contributed by atoms with Crippen molar-refractivity contribution in [2.24, 2.45) is 4.99 Å². The van der Waals surface area contributed by atoms with Gasteiger partial charge in [-0.2, -0.15) is 13.2 Å². The van der Waals surface area contributed by atoms with Gasteiger partial charge in [0.05, 0.1) is 23.7 Å². The van der Waals surface area contributed by atoms with Crippen LogP contribution >= 0.6 is 11.6 Å². The lowest BCUT2D eigenvalue weighted by atomic mass is 10.2. The van der Waals surface area contributed by atoms with E-state index >= 15 is 0 Å². The molecule has 0 aromatic heterocycles. The Hall–Kier alpha value is -1.63. The molecule has 0 bridgehead atoms. The van der Waals surface area contributed by atoms with Gasteiger partial charge in [-0.25, -0.2) is 0 Å². The van der Waals surface area contributed by atoms with E-state index in [1.54, 1.807) is 0 Å². The summed E-state index contributed by atoms with van der Waals surface area (Å²) in [7, 11) is 0. The summed E-state index contributed by atoms with van der Waals surface area (Å²) in [6, 6.07) is 7.65. The third kappa shape index (κ3) is 5.47. The highest BCUT2D eigenvalue weighted by Gasteiger charge is 2.27. The van der Waals surface area contributed by atoms with E-state index in [9.17, 15) is 13.2 Å². The number of hydrogen-bond donors (Lipinski definition) is 1. The highest BCUT2D eigenvalue weighted by molar-refractivity contribution is 6.33. The molecule has 4 nitrogen and oxygen atoms in total. The lowest BCUT2D eigenvalue weighted by Crippen LogP contribution is -2.52. The number of alkyl halides is 3. The first kappa shape index (κ1) is 18.7. The Labute approximate surface area is 145 Å². The molecule has 1 aromatic carbocycles. The van der Waals surface area contributed by atoms with Crippen molar-refractivity contribution in [1.82, 2.24) is 10.2 Å². The van der Waals surface area contributed by atoms with Gasteiger partial charge in [-0.3, -0.25) is 4.99 Å². The number of aliphatic imine (C=N–C) groups is 1. The van der Waals surface area contributed by atoms with E-state index in [0.717, 1.165) is 18.8 Å². The Bertz CT molecular complexity index is 554. The zero-order chi connectivity index (χ0) is 17.6. The average Bonchev–Trinajstić information content (AvgIpc) is 2.54. The Morgan fingerprint density at radius 2 is 1.88 bits per heavy atom. The third-order valence-electron chi connectivity index (χ3n) is 3.76. The summed E-state index contributed by atoms with van der Waals surface area (Å²) in [6.45, 7) is 5.12. The minimum atomic E-state index is -4.18. The van der Waals surface area contributed by atoms with Crippen LogP contribution in [0.15, 0.2) is 29.3 Å². The van der Waals surface area contributed by atoms with Crippen LogP contribution in [0.25, 0.3) is 0 Å². The number of nitrogens with one attached hydrogen (secondary N) is 1. The van der Waals surface area contributed by atoms with E-state index < -0.39 is 12.6 Å². The summed E-state index contributed by atoms with van der Waals surface area (Å²) in [5.74, 6) is 0.542. The van der Waals surface area contributed by atoms with Crippen LogP contribution in [0.5, 0.6) is 0 Å². The second-order valence-electron chi connectivity index (χ2n) is 5.53. The zero-order valence-electron chi connectivity index (χ0n) is 13.6. The van der Waals surface area contributed by atoms with Crippen LogP contribution in [0.2, 0.25) is 5.02 Å². The van der Waals surface area contributed by atoms with Gasteiger partial charge in [0.25, 0.3) is 0 Å². The molecule has 134 valence electrons. The largest absolute Gasteiger partial charge is 0.390 e. The van der Waals surface area contributed by atoms with Crippen LogP contribution in [0.1, 0.15) is 13.3 Å². The van der Waals surface area contributed by atoms with E-state index in [4.69, 9.17) is 11.6 Å². The SMILES string of the molecule is CCNC(=NCCC(F)(F)F)N1CCN(c2ccccc2Cl)CC1. The monoisotopic (exact) mass is 362 g/mol. The second kappa shape index (κ2) is 8.46. The maximum Gasteiger partial charge on any atom is 0.390 e. The fraction of sp³-hybridized carbons (Fsp3) is 0.562. The lowest BCUT2D eigenvalue weighted by molar-refractivity contribution is -0.132. The fourth-order valence-corrected chi connectivity index (χ4v) is 2.84. The van der Waals surface area contributed by atoms with Crippen molar-refractivity contribution in [3.8, 4) is 0 Å². The molecule has 24 heavy (non-hydrogen) atoms. The number of nitrogens with zero attached hydrogens (tertiary/aromatic N) is 3. The summed E-state index contributed by atoms with van der Waals surface area (Å²) in [6.07, 6.45) is -5.08. The minimum absolute atomic E-state index is 0.253. The van der Waals surface area contributed by atoms with Crippen molar-refractivity contribution in [3.05, 3.63) is 29.3 Å². The molecule has 0 atom stereocenters. The summed E-state index contributed by atoms with van der Waals surface area (Å²) < 4.78 is 36.9. The van der Waals surface area contributed by atoms with Crippen molar-refractivity contribution >= 4 is 23.2 Å². The van der Waals surface area contributed by atoms with E-state index in [-0.39, 0.29) is 6.54 Å². The first-order valence-electron chi connectivity index (χ1n) is 8.00. The summed E-state index contributed by atoms with van der Waals surface area (Å²) >= 11 is 6.22. The van der Waals surface area contributed by atoms with Gasteiger partial charge in [-0.15, -0.1) is 0 Å². The quantitative estimate of drug-likeness (QED) is 0.658. The van der Waals surface area contributed by atoms with E-state index in [1.165, 1.54) is 0 Å². The topological polar surface area (TPSA) is 30.9 Å². The molecule has 1 heterocycles. The molecule has 0 spiro atoms. The predicted molar refractivity (Wildman–Crippen MR) is 91.9 cm³/mol. The summed E-state index contributed by atoms with van der Waals surface area (Å²) in [4.78, 5) is 8.28. The molecule has 2 rings (SSSR count). The van der Waals surface area contributed by atoms with Gasteiger partial charge in [0.15, 0.2) is 5.96 Å². The molecule has 0 radical (unpaired) electrons. The molecule has 1 N–H and O–H groups in total. The summed E-state index contributed by atoms with van der Waals surface area (Å²) in [5, 5.41) is 3.77. The van der Waals surface area contributed by atoms with Crippen molar-refractivity contribution in [2.75, 3.05) is 44.2 Å². The number of anilines is 1. The van der Waals surface area contributed by atoms with Crippen LogP contribution in [0, 0.1) is 0 Å². The molecule has 0 saturated carbocycles. The molecule has 0 amide bonds. The number of rotatable bonds is 4. The van der Waals surface area contributed by atoms with Crippen LogP contribution in [-0.4, -0.2) is 56.3 Å². The van der Waals surface area contributed by atoms with Gasteiger partial charge in [-0.05, 0) is 19.1 Å². The van der Waals surface area contributed by atoms with Gasteiger partial charge < -0.3 is 15.1 Å². The van der Waals surface area contributed by atoms with E-state index in [2.05, 4.69) is 15.2 Å². The van der Waals surface area contributed by atoms with Crippen molar-refractivity contribution in [3.63, 3.8) is 0 Å². The number of halogens is 4. The van der Waals surface area contributed by atoms with Crippen molar-refractivity contribution in [1.29, 1.82) is 0 Å². The lowest BCUT2D eigenvalue weighted by Gasteiger charge is -2.38. The van der Waals surface area contributed by atoms with Gasteiger partial charge in [-0.1, -0.05) is 23.7 Å². The number of para-hydroxylation sites is 1. The van der Waals surface area contributed by atoms with Gasteiger partial charge >= 0.3 is 6.18 Å². The van der Waals surface area contributed by atoms with Crippen molar-refractivity contribution in [2.45, 2.75) is 19.5 Å². The van der Waals surface area contributed by atoms with Gasteiger partial charge in [0, 0.05) is 32.7 Å². The number of benzene rings is 1. The first-order valence-corrected chi connectivity index (χ1v) is 8.38. The normalized spacial score (nSPS) is 16.5. The molecule has 0 aliphatic carbocycles. The maximum atomic E-state index is 12.3. The summed E-state index contributed by atoms with van der Waals surface area (Å²) in [5.41, 5.74) is 0.984. The van der Waals surface area contributed by atoms with Crippen LogP contribution in [-0.2, 0) is 0 Å². The smallest absolute Gasteiger partial charge is 0.367 e. The fourth-order valence-electron chi connectivity index (χ4n) is 2.58. The van der Waals surface area contributed by atoms with Crippen LogP contribution < -0.4 is 10.2 Å². The third-order valence-corrected chi connectivity index (χ3v) is 4.08. The Morgan fingerprint density at radius 3 is 2.46 bits per heavy atom. The average molecular weight is 363 g/mol. The van der Waals surface area contributed by atoms with Gasteiger partial charge in [0.1, 0.15) is 0 Å². The zero-order valence-corrected chi connectivity index (χ0v) is 14.4. The molecule has 0 unspecified atom stereocenters. The molecule has 1 aliphatic rings. The Morgan fingerprint density at radius 1 is 1.21 bits per heavy atom. The van der Waals surface area contributed by atoms with E-state index in [0.29, 0.717) is 30.6 Å². The van der Waals surface area contributed by atoms with E-state index in [1.807, 2.05) is 36.1 Å². The maximum absolute atomic E-state index is 12.3. The molecule has 1 aliphatic heterocycles. The van der Waals surface area contributed by atoms with Crippen LogP contribution in [0.3, 0.4) is 0 Å². The predicted octanol–water partition coefficient (Wildman–Crippen LogP) is 3.38. The molecule has 8 heteroatoms. The standard InChI is InChI=1S/C16H22ClF3N4/c1-2-21-15(22-8-7-16(18,19)20)24-11-9-23(10-12-24)14-6-4-3-5-13(14)17/h3-6H,2,7-12H2,1H3,(H,21,22). The van der Waals surface area contributed by atoms with Gasteiger partial charge in [0.2, 0.25) is 0 Å². The molecular weight excluding hydrogens is 341 g/mol. The molecule has 1 fully saturated rings. The highest BCUT2D eigenvalue weighted by atomic mass is 35.5. The molecule has 1 saturated heterocycles. The highest BCUT2D eigenvalue weighted by Crippen LogP contribution is 2.26. The number of guanidine groups is 1.